The summed E-state index contributed by atoms with van der Waals surface area (Å²) in [5.41, 5.74) is 1.13. The van der Waals surface area contributed by atoms with Gasteiger partial charge in [-0.3, -0.25) is 9.78 Å². The summed E-state index contributed by atoms with van der Waals surface area (Å²) in [6.45, 7) is -2.97. The maximum Gasteiger partial charge on any atom is 0.387 e. The van der Waals surface area contributed by atoms with Gasteiger partial charge in [0.15, 0.2) is 0 Å². The summed E-state index contributed by atoms with van der Waals surface area (Å²) in [5, 5.41) is 4.76. The third-order valence-electron chi connectivity index (χ3n) is 3.00. The van der Waals surface area contributed by atoms with Crippen molar-refractivity contribution >= 4 is 22.9 Å². The van der Waals surface area contributed by atoms with Crippen LogP contribution < -0.4 is 10.1 Å². The van der Waals surface area contributed by atoms with Crippen LogP contribution in [0.1, 0.15) is 10.5 Å². The summed E-state index contributed by atoms with van der Waals surface area (Å²) in [5.74, 6) is -0.615. The van der Waals surface area contributed by atoms with Crippen molar-refractivity contribution in [2.75, 3.05) is 5.32 Å². The third kappa shape index (κ3) is 3.72. The molecule has 3 rings (SSSR count). The molecular weight excluding hydrogens is 336 g/mol. The highest BCUT2D eigenvalue weighted by Crippen LogP contribution is 2.27. The number of anilines is 1. The number of thiazole rings is 1. The van der Waals surface area contributed by atoms with E-state index in [0.29, 0.717) is 5.01 Å². The molecule has 3 aromatic rings. The predicted octanol–water partition coefficient (Wildman–Crippen LogP) is 4.06. The largest absolute Gasteiger partial charge is 0.433 e. The van der Waals surface area contributed by atoms with Crippen molar-refractivity contribution < 1.29 is 18.3 Å². The van der Waals surface area contributed by atoms with Gasteiger partial charge in [0.25, 0.3) is 5.91 Å². The highest BCUT2D eigenvalue weighted by molar-refractivity contribution is 7.13. The van der Waals surface area contributed by atoms with E-state index in [1.165, 1.54) is 29.5 Å². The number of pyridine rings is 1. The number of halogens is 2. The fourth-order valence-corrected chi connectivity index (χ4v) is 2.75. The zero-order valence-corrected chi connectivity index (χ0v) is 13.0. The Morgan fingerprint density at radius 2 is 2.04 bits per heavy atom. The lowest BCUT2D eigenvalue weighted by atomic mass is 10.3. The topological polar surface area (TPSA) is 64.1 Å². The molecule has 1 amide bonds. The number of alkyl halides is 2. The van der Waals surface area contributed by atoms with Crippen LogP contribution in [0.2, 0.25) is 0 Å². The predicted molar refractivity (Wildman–Crippen MR) is 86.4 cm³/mol. The van der Waals surface area contributed by atoms with E-state index in [2.05, 4.69) is 20.0 Å². The van der Waals surface area contributed by atoms with Gasteiger partial charge in [0.2, 0.25) is 0 Å². The minimum Gasteiger partial charge on any atom is -0.433 e. The Labute approximate surface area is 140 Å². The van der Waals surface area contributed by atoms with E-state index in [-0.39, 0.29) is 17.1 Å². The Balaban J connectivity index is 1.78. The molecule has 0 spiro atoms. The molecule has 0 fully saturated rings. The Hall–Kier alpha value is -2.87. The lowest BCUT2D eigenvalue weighted by Gasteiger charge is -2.10. The first-order valence-corrected chi connectivity index (χ1v) is 7.72. The number of aromatic nitrogens is 2. The molecule has 5 nitrogen and oxygen atoms in total. The summed E-state index contributed by atoms with van der Waals surface area (Å²) < 4.78 is 29.2. The zero-order chi connectivity index (χ0) is 16.9. The van der Waals surface area contributed by atoms with Crippen LogP contribution in [-0.2, 0) is 0 Å². The number of nitrogens with one attached hydrogen (secondary N) is 1. The lowest BCUT2D eigenvalue weighted by molar-refractivity contribution is -0.0493. The Kier molecular flexibility index (Phi) is 4.76. The van der Waals surface area contributed by atoms with Gasteiger partial charge < -0.3 is 10.1 Å². The van der Waals surface area contributed by atoms with Crippen molar-refractivity contribution in [3.63, 3.8) is 0 Å². The molecule has 1 aromatic carbocycles. The van der Waals surface area contributed by atoms with Crippen molar-refractivity contribution in [2.45, 2.75) is 6.61 Å². The molecule has 0 aliphatic carbocycles. The normalized spacial score (nSPS) is 10.6. The summed E-state index contributed by atoms with van der Waals surface area (Å²) in [4.78, 5) is 20.5. The number of carbonyl (C=O) groups is 1. The number of hydrogen-bond acceptors (Lipinski definition) is 5. The molecule has 24 heavy (non-hydrogen) atoms. The number of benzene rings is 1. The third-order valence-corrected chi connectivity index (χ3v) is 3.89. The van der Waals surface area contributed by atoms with Crippen molar-refractivity contribution in [1.29, 1.82) is 0 Å². The molecule has 0 bridgehead atoms. The van der Waals surface area contributed by atoms with E-state index in [1.807, 2.05) is 6.07 Å². The fourth-order valence-electron chi connectivity index (χ4n) is 1.95. The molecule has 0 radical (unpaired) electrons. The number of para-hydroxylation sites is 2. The minimum absolute atomic E-state index is 0.108. The maximum atomic E-state index is 12.4. The van der Waals surface area contributed by atoms with Gasteiger partial charge in [0.05, 0.1) is 5.69 Å². The van der Waals surface area contributed by atoms with Crippen molar-refractivity contribution in [1.82, 2.24) is 9.97 Å². The van der Waals surface area contributed by atoms with Crippen LogP contribution in [0.5, 0.6) is 5.75 Å². The number of hydrogen-bond donors (Lipinski definition) is 1. The second-order valence-electron chi connectivity index (χ2n) is 4.61. The van der Waals surface area contributed by atoms with E-state index in [9.17, 15) is 13.6 Å². The van der Waals surface area contributed by atoms with E-state index in [0.717, 1.165) is 5.56 Å². The maximum absolute atomic E-state index is 12.4. The van der Waals surface area contributed by atoms with E-state index >= 15 is 0 Å². The summed E-state index contributed by atoms with van der Waals surface area (Å²) >= 11 is 1.29. The van der Waals surface area contributed by atoms with Gasteiger partial charge in [-0.05, 0) is 24.3 Å². The summed E-state index contributed by atoms with van der Waals surface area (Å²) in [6.07, 6.45) is 3.29. The first-order valence-electron chi connectivity index (χ1n) is 6.84. The van der Waals surface area contributed by atoms with Gasteiger partial charge >= 0.3 is 6.61 Å². The molecule has 0 aliphatic heterocycles. The second kappa shape index (κ2) is 7.14. The monoisotopic (exact) mass is 347 g/mol. The Morgan fingerprint density at radius 3 is 2.79 bits per heavy atom. The molecular formula is C16H11F2N3O2S. The summed E-state index contributed by atoms with van der Waals surface area (Å²) in [7, 11) is 0. The fraction of sp³-hybridized carbons (Fsp3) is 0.0625. The van der Waals surface area contributed by atoms with Crippen LogP contribution in [0.15, 0.2) is 54.2 Å². The van der Waals surface area contributed by atoms with Crippen molar-refractivity contribution in [3.05, 3.63) is 59.9 Å². The van der Waals surface area contributed by atoms with Crippen LogP contribution in [-0.4, -0.2) is 22.5 Å². The van der Waals surface area contributed by atoms with E-state index in [1.54, 1.807) is 29.9 Å². The zero-order valence-electron chi connectivity index (χ0n) is 12.1. The molecule has 0 aliphatic rings. The molecule has 0 unspecified atom stereocenters. The van der Waals surface area contributed by atoms with Gasteiger partial charge in [-0.25, -0.2) is 4.98 Å². The van der Waals surface area contributed by atoms with Crippen molar-refractivity contribution in [2.24, 2.45) is 0 Å². The first kappa shape index (κ1) is 16.0. The highest BCUT2D eigenvalue weighted by atomic mass is 32.1. The van der Waals surface area contributed by atoms with Gasteiger partial charge in [0.1, 0.15) is 16.5 Å². The quantitative estimate of drug-likeness (QED) is 0.756. The van der Waals surface area contributed by atoms with E-state index < -0.39 is 12.5 Å². The Bertz CT molecular complexity index is 840. The molecule has 8 heteroatoms. The molecule has 0 atom stereocenters. The smallest absolute Gasteiger partial charge is 0.387 e. The van der Waals surface area contributed by atoms with E-state index in [4.69, 9.17) is 0 Å². The van der Waals surface area contributed by atoms with Gasteiger partial charge in [-0.15, -0.1) is 11.3 Å². The average molecular weight is 347 g/mol. The number of carbonyl (C=O) groups excluding carboxylic acids is 1. The van der Waals surface area contributed by atoms with Crippen LogP contribution in [0, 0.1) is 0 Å². The summed E-state index contributed by atoms with van der Waals surface area (Å²) in [6, 6.07) is 9.58. The standard InChI is InChI=1S/C16H11F2N3O2S/c17-16(18)23-13-6-2-1-5-11(13)20-14(22)12-9-24-15(21-12)10-4-3-7-19-8-10/h1-9,16H,(H,20,22). The number of amides is 1. The van der Waals surface area contributed by atoms with Crippen LogP contribution in [0.25, 0.3) is 10.6 Å². The number of ether oxygens (including phenoxy) is 1. The average Bonchev–Trinajstić information content (AvgIpc) is 3.07. The second-order valence-corrected chi connectivity index (χ2v) is 5.47. The first-order chi connectivity index (χ1) is 11.6. The van der Waals surface area contributed by atoms with Crippen LogP contribution >= 0.6 is 11.3 Å². The Morgan fingerprint density at radius 1 is 1.21 bits per heavy atom. The molecule has 1 N–H and O–H groups in total. The van der Waals surface area contributed by atoms with Crippen LogP contribution in [0.3, 0.4) is 0 Å². The number of rotatable bonds is 5. The highest BCUT2D eigenvalue weighted by Gasteiger charge is 2.15. The number of nitrogens with zero attached hydrogens (tertiary/aromatic N) is 2. The molecule has 122 valence electrons. The molecule has 0 saturated heterocycles. The molecule has 0 saturated carbocycles. The van der Waals surface area contributed by atoms with Crippen molar-refractivity contribution in [3.8, 4) is 16.3 Å². The van der Waals surface area contributed by atoms with Crippen LogP contribution in [0.4, 0.5) is 14.5 Å². The minimum atomic E-state index is -2.97. The van der Waals surface area contributed by atoms with Gasteiger partial charge in [0, 0.05) is 23.3 Å². The van der Waals surface area contributed by atoms with Gasteiger partial charge in [-0.1, -0.05) is 12.1 Å². The SMILES string of the molecule is O=C(Nc1ccccc1OC(F)F)c1csc(-c2cccnc2)n1. The lowest BCUT2D eigenvalue weighted by Crippen LogP contribution is -2.14. The molecule has 2 aromatic heterocycles. The van der Waals surface area contributed by atoms with Gasteiger partial charge in [-0.2, -0.15) is 8.78 Å². The molecule has 2 heterocycles.